The van der Waals surface area contributed by atoms with Gasteiger partial charge in [0.15, 0.2) is 5.78 Å². The summed E-state index contributed by atoms with van der Waals surface area (Å²) < 4.78 is 1.48. The third-order valence-electron chi connectivity index (χ3n) is 2.85. The lowest BCUT2D eigenvalue weighted by molar-refractivity contribution is -0.119. The molecule has 0 saturated carbocycles. The second-order valence-electron chi connectivity index (χ2n) is 3.90. The third-order valence-corrected chi connectivity index (χ3v) is 2.85. The summed E-state index contributed by atoms with van der Waals surface area (Å²) in [4.78, 5) is 23.4. The molecule has 2 rings (SSSR count). The molecule has 2 aromatic rings. The normalized spacial score (nSPS) is 12.6. The second kappa shape index (κ2) is 3.93. The standard InChI is InChI=1S/C13H13NO2/c1-9(10(2)15)14-8-7-11-5-3-4-6-12(11)13(14)16/h3-9H,1-2H3. The van der Waals surface area contributed by atoms with Crippen molar-refractivity contribution in [3.63, 3.8) is 0 Å². The van der Waals surface area contributed by atoms with Crippen molar-refractivity contribution in [3.8, 4) is 0 Å². The average molecular weight is 215 g/mol. The number of fused-ring (bicyclic) bond motifs is 1. The van der Waals surface area contributed by atoms with Gasteiger partial charge in [0.25, 0.3) is 5.56 Å². The molecule has 3 nitrogen and oxygen atoms in total. The van der Waals surface area contributed by atoms with Gasteiger partial charge in [-0.1, -0.05) is 18.2 Å². The Kier molecular flexibility index (Phi) is 2.60. The molecule has 1 atom stereocenters. The van der Waals surface area contributed by atoms with Gasteiger partial charge in [-0.05, 0) is 31.4 Å². The van der Waals surface area contributed by atoms with Crippen LogP contribution in [0, 0.1) is 0 Å². The van der Waals surface area contributed by atoms with Crippen molar-refractivity contribution in [3.05, 3.63) is 46.9 Å². The Morgan fingerprint density at radius 2 is 1.94 bits per heavy atom. The van der Waals surface area contributed by atoms with Gasteiger partial charge in [0.1, 0.15) is 0 Å². The number of benzene rings is 1. The van der Waals surface area contributed by atoms with E-state index in [2.05, 4.69) is 0 Å². The molecule has 1 heterocycles. The Hall–Kier alpha value is -1.90. The number of hydrogen-bond acceptors (Lipinski definition) is 2. The van der Waals surface area contributed by atoms with Crippen LogP contribution in [-0.2, 0) is 4.79 Å². The fourth-order valence-electron chi connectivity index (χ4n) is 1.71. The lowest BCUT2D eigenvalue weighted by Gasteiger charge is -2.12. The van der Waals surface area contributed by atoms with E-state index in [-0.39, 0.29) is 11.3 Å². The van der Waals surface area contributed by atoms with Gasteiger partial charge in [0.2, 0.25) is 0 Å². The molecule has 0 aliphatic heterocycles. The SMILES string of the molecule is CC(=O)C(C)n1ccc2ccccc2c1=O. The van der Waals surface area contributed by atoms with Crippen LogP contribution in [0.2, 0.25) is 0 Å². The summed E-state index contributed by atoms with van der Waals surface area (Å²) in [5.41, 5.74) is -0.110. The molecule has 0 amide bonds. The van der Waals surface area contributed by atoms with Gasteiger partial charge in [0.05, 0.1) is 6.04 Å². The van der Waals surface area contributed by atoms with E-state index in [9.17, 15) is 9.59 Å². The Balaban J connectivity index is 2.70. The molecule has 16 heavy (non-hydrogen) atoms. The predicted molar refractivity (Wildman–Crippen MR) is 63.6 cm³/mol. The molecule has 0 N–H and O–H groups in total. The first-order valence-corrected chi connectivity index (χ1v) is 5.21. The van der Waals surface area contributed by atoms with Crippen LogP contribution in [0.3, 0.4) is 0 Å². The van der Waals surface area contributed by atoms with Gasteiger partial charge in [-0.25, -0.2) is 0 Å². The van der Waals surface area contributed by atoms with E-state index in [1.165, 1.54) is 11.5 Å². The predicted octanol–water partition coefficient (Wildman–Crippen LogP) is 2.15. The molecular formula is C13H13NO2. The van der Waals surface area contributed by atoms with E-state index >= 15 is 0 Å². The molecule has 0 aliphatic carbocycles. The molecule has 1 unspecified atom stereocenters. The maximum atomic E-state index is 12.1. The Morgan fingerprint density at radius 1 is 1.25 bits per heavy atom. The monoisotopic (exact) mass is 215 g/mol. The second-order valence-corrected chi connectivity index (χ2v) is 3.90. The summed E-state index contributed by atoms with van der Waals surface area (Å²) >= 11 is 0. The van der Waals surface area contributed by atoms with Crippen molar-refractivity contribution in [1.82, 2.24) is 4.57 Å². The molecule has 0 fully saturated rings. The lowest BCUT2D eigenvalue weighted by atomic mass is 10.1. The number of ketones is 1. The van der Waals surface area contributed by atoms with Gasteiger partial charge in [-0.2, -0.15) is 0 Å². The summed E-state index contributed by atoms with van der Waals surface area (Å²) in [5, 5.41) is 1.55. The Morgan fingerprint density at radius 3 is 2.62 bits per heavy atom. The molecular weight excluding hydrogens is 202 g/mol. The highest BCUT2D eigenvalue weighted by atomic mass is 16.1. The smallest absolute Gasteiger partial charge is 0.259 e. The highest BCUT2D eigenvalue weighted by Gasteiger charge is 2.12. The van der Waals surface area contributed by atoms with Gasteiger partial charge in [-0.3, -0.25) is 9.59 Å². The van der Waals surface area contributed by atoms with E-state index < -0.39 is 6.04 Å². The number of nitrogens with zero attached hydrogens (tertiary/aromatic N) is 1. The van der Waals surface area contributed by atoms with Crippen LogP contribution >= 0.6 is 0 Å². The largest absolute Gasteiger partial charge is 0.305 e. The maximum absolute atomic E-state index is 12.1. The molecule has 0 saturated heterocycles. The van der Waals surface area contributed by atoms with Crippen molar-refractivity contribution < 1.29 is 4.79 Å². The number of rotatable bonds is 2. The van der Waals surface area contributed by atoms with E-state index in [0.29, 0.717) is 5.39 Å². The number of Topliss-reactive ketones (excluding diaryl/α,β-unsaturated/α-hetero) is 1. The minimum Gasteiger partial charge on any atom is -0.305 e. The molecule has 0 radical (unpaired) electrons. The maximum Gasteiger partial charge on any atom is 0.259 e. The van der Waals surface area contributed by atoms with Crippen molar-refractivity contribution >= 4 is 16.6 Å². The van der Waals surface area contributed by atoms with E-state index in [1.54, 1.807) is 19.2 Å². The van der Waals surface area contributed by atoms with Crippen LogP contribution in [0.1, 0.15) is 19.9 Å². The van der Waals surface area contributed by atoms with Crippen LogP contribution < -0.4 is 5.56 Å². The van der Waals surface area contributed by atoms with Crippen LogP contribution in [0.5, 0.6) is 0 Å². The summed E-state index contributed by atoms with van der Waals surface area (Å²) in [7, 11) is 0. The first-order chi connectivity index (χ1) is 7.61. The van der Waals surface area contributed by atoms with Crippen LogP contribution in [0.25, 0.3) is 10.8 Å². The van der Waals surface area contributed by atoms with Gasteiger partial charge in [0, 0.05) is 11.6 Å². The molecule has 0 aliphatic rings. The number of carbonyl (C=O) groups is 1. The molecule has 82 valence electrons. The first kappa shape index (κ1) is 10.6. The van der Waals surface area contributed by atoms with Gasteiger partial charge < -0.3 is 4.57 Å². The fraction of sp³-hybridized carbons (Fsp3) is 0.231. The zero-order valence-electron chi connectivity index (χ0n) is 9.31. The van der Waals surface area contributed by atoms with Crippen molar-refractivity contribution in [2.45, 2.75) is 19.9 Å². The summed E-state index contributed by atoms with van der Waals surface area (Å²) in [6.07, 6.45) is 1.68. The zero-order valence-corrected chi connectivity index (χ0v) is 9.31. The highest BCUT2D eigenvalue weighted by molar-refractivity contribution is 5.83. The van der Waals surface area contributed by atoms with Crippen LogP contribution in [0.15, 0.2) is 41.3 Å². The van der Waals surface area contributed by atoms with E-state index in [0.717, 1.165) is 5.39 Å². The minimum absolute atomic E-state index is 0.0163. The fourth-order valence-corrected chi connectivity index (χ4v) is 1.71. The van der Waals surface area contributed by atoms with Crippen LogP contribution in [0.4, 0.5) is 0 Å². The zero-order chi connectivity index (χ0) is 11.7. The van der Waals surface area contributed by atoms with Crippen molar-refractivity contribution in [1.29, 1.82) is 0 Å². The summed E-state index contributed by atoms with van der Waals surface area (Å²) in [6.45, 7) is 3.23. The third kappa shape index (κ3) is 1.65. The molecule has 1 aromatic heterocycles. The average Bonchev–Trinajstić information content (AvgIpc) is 2.29. The van der Waals surface area contributed by atoms with Gasteiger partial charge in [-0.15, -0.1) is 0 Å². The van der Waals surface area contributed by atoms with Crippen LogP contribution in [-0.4, -0.2) is 10.4 Å². The Bertz CT molecular complexity index is 598. The van der Waals surface area contributed by atoms with E-state index in [4.69, 9.17) is 0 Å². The number of hydrogen-bond donors (Lipinski definition) is 0. The summed E-state index contributed by atoms with van der Waals surface area (Å²) in [5.74, 6) is -0.0163. The lowest BCUT2D eigenvalue weighted by Crippen LogP contribution is -2.26. The molecule has 3 heteroatoms. The quantitative estimate of drug-likeness (QED) is 0.770. The molecule has 1 aromatic carbocycles. The summed E-state index contributed by atoms with van der Waals surface area (Å²) in [6, 6.07) is 8.83. The number of pyridine rings is 1. The topological polar surface area (TPSA) is 39.1 Å². The van der Waals surface area contributed by atoms with Gasteiger partial charge >= 0.3 is 0 Å². The Labute approximate surface area is 93.3 Å². The van der Waals surface area contributed by atoms with Crippen molar-refractivity contribution in [2.24, 2.45) is 0 Å². The first-order valence-electron chi connectivity index (χ1n) is 5.21. The van der Waals surface area contributed by atoms with E-state index in [1.807, 2.05) is 24.3 Å². The van der Waals surface area contributed by atoms with Crippen molar-refractivity contribution in [2.75, 3.05) is 0 Å². The highest BCUT2D eigenvalue weighted by Crippen LogP contribution is 2.11. The number of carbonyl (C=O) groups excluding carboxylic acids is 1. The molecule has 0 spiro atoms. The minimum atomic E-state index is -0.405. The molecule has 0 bridgehead atoms. The number of aromatic nitrogens is 1.